The van der Waals surface area contributed by atoms with Crippen molar-refractivity contribution in [2.24, 2.45) is 0 Å². The Morgan fingerprint density at radius 3 is 1.08 bits per heavy atom. The molecule has 0 saturated heterocycles. The average Bonchev–Trinajstić information content (AvgIpc) is 1.52. The number of aromatic nitrogens is 2. The molecule has 4 atom stereocenters. The Kier molecular flexibility index (Phi) is 19.3. The molecule has 6 aliphatic heterocycles. The zero-order valence-electron chi connectivity index (χ0n) is 91.3. The minimum Gasteiger partial charge on any atom is -0.334 e. The Balaban J connectivity index is 0.000000150. The number of fused-ring (bicyclic) bond motifs is 25. The maximum atomic E-state index is 2.82. The lowest BCUT2D eigenvalue weighted by Gasteiger charge is -2.50. The van der Waals surface area contributed by atoms with Crippen LogP contribution in [0.2, 0.25) is 0 Å². The summed E-state index contributed by atoms with van der Waals surface area (Å²) >= 11 is 0. The highest BCUT2D eigenvalue weighted by Gasteiger charge is 2.62. The van der Waals surface area contributed by atoms with Gasteiger partial charge in [-0.3, -0.25) is 0 Å². The van der Waals surface area contributed by atoms with Crippen molar-refractivity contribution < 1.29 is 0 Å². The highest BCUT2D eigenvalue weighted by atomic mass is 15.3. The van der Waals surface area contributed by atoms with Gasteiger partial charge in [0.2, 0.25) is 0 Å². The summed E-state index contributed by atoms with van der Waals surface area (Å²) in [6.45, 7) is 73.0. The largest absolute Gasteiger partial charge is 0.334 e. The van der Waals surface area contributed by atoms with Crippen LogP contribution in [0, 0.1) is 20.8 Å². The van der Waals surface area contributed by atoms with E-state index < -0.39 is 0 Å². The summed E-state index contributed by atoms with van der Waals surface area (Å²) in [5.41, 5.74) is 57.5. The lowest BCUT2D eigenvalue weighted by Crippen LogP contribution is -2.61. The third-order valence-electron chi connectivity index (χ3n) is 38.8. The topological polar surface area (TPSA) is 22.8 Å². The van der Waals surface area contributed by atoms with Gasteiger partial charge in [0.1, 0.15) is 0 Å². The van der Waals surface area contributed by atoms with Gasteiger partial charge in [-0.05, 0) is 329 Å². The van der Waals surface area contributed by atoms with Crippen molar-refractivity contribution in [3.05, 3.63) is 320 Å². The molecule has 5 aliphatic carbocycles. The Labute approximate surface area is 854 Å². The maximum Gasteiger partial charge on any atom is 0.252 e. The van der Waals surface area contributed by atoms with E-state index in [1.165, 1.54) is 303 Å². The van der Waals surface area contributed by atoms with Crippen LogP contribution in [0.15, 0.2) is 231 Å². The Hall–Kier alpha value is -11.7. The van der Waals surface area contributed by atoms with E-state index in [1.807, 2.05) is 0 Å². The maximum absolute atomic E-state index is 2.82. The van der Waals surface area contributed by atoms with Gasteiger partial charge in [-0.2, -0.15) is 0 Å². The van der Waals surface area contributed by atoms with Gasteiger partial charge in [0.25, 0.3) is 13.4 Å². The molecule has 2 saturated carbocycles. The van der Waals surface area contributed by atoms with Crippen LogP contribution in [0.1, 0.15) is 340 Å². The number of anilines is 10. The van der Waals surface area contributed by atoms with Gasteiger partial charge in [-0.25, -0.2) is 0 Å². The normalized spacial score (nSPS) is 21.5. The molecule has 6 nitrogen and oxygen atoms in total. The summed E-state index contributed by atoms with van der Waals surface area (Å²) in [7, 11) is 0. The Morgan fingerprint density at radius 2 is 0.650 bits per heavy atom. The second-order valence-electron chi connectivity index (χ2n) is 54.4. The smallest absolute Gasteiger partial charge is 0.252 e. The standard InChI is InChI=1S/C68H72BN3.C67H76BN3/c1-41-34-57-60-58(35-41)71-61-49(59-62(71)47-24-18-19-25-50(47)66(59,11)12)37-45(65(8,9)10)39-53(61)69(60)52-29-28-46(72-55-31-27-44(64(5,6)7)38-51(55)67(13)32-20-21-33-68(67,72)14)40-56(52)70(57)54-30-26-43(63(2,3)4)36-48(54)42-22-16-15-17-23-42;1-39-31-55-58-56(32-39)70-59-45(57-60(70)44-21-17-18-22-46(44)65(57,13)14)34-42(62(6,7)8)36-51(59)68(58)50-25-24-43(37-54(50)69(55)53-38-48-47(33-40(53)2)63(9,10)29-30-64(48,11)12)71-52-26-23-41(61(3,4)5)35-49(52)66(15)27-19-20-28-67(66,71)16/h15-19,22-31,34-40H,20-21,32-33H2,1-14H3;17-18,21-26,31-38H,19-20,27-30H2,1-16H3. The molecule has 143 heavy (non-hydrogen) atoms. The minimum absolute atomic E-state index is 0.0138. The van der Waals surface area contributed by atoms with Crippen molar-refractivity contribution >= 4 is 125 Å². The van der Waals surface area contributed by atoms with Crippen LogP contribution in [0.5, 0.6) is 0 Å². The molecule has 15 aromatic rings. The van der Waals surface area contributed by atoms with Crippen molar-refractivity contribution in [2.75, 3.05) is 19.6 Å². The van der Waals surface area contributed by atoms with E-state index >= 15 is 0 Å². The van der Waals surface area contributed by atoms with Crippen molar-refractivity contribution in [2.45, 2.75) is 343 Å². The number of hydrogen-bond acceptors (Lipinski definition) is 4. The molecular formula is C135H148B2N6. The van der Waals surface area contributed by atoms with Gasteiger partial charge >= 0.3 is 0 Å². The predicted molar refractivity (Wildman–Crippen MR) is 614 cm³/mol. The van der Waals surface area contributed by atoms with Crippen LogP contribution in [0.3, 0.4) is 0 Å². The fourth-order valence-electron chi connectivity index (χ4n) is 30.2. The molecular weight excluding hydrogens is 1730 g/mol. The van der Waals surface area contributed by atoms with Gasteiger partial charge in [0.05, 0.1) is 28.2 Å². The SMILES string of the molecule is Cc1cc2c3c(c1)-n1c4c(c5cc(C(C)(C)C)cc(c51)B3c1ccc(N3c5ccc(C(C)(C)C)cc5C5(C)CCCCC35C)cc1N2c1cc2c(cc1C)C(C)(C)CCC2(C)C)C(C)(C)c1ccccc1-4.Cc1cc2c3c(c1)-n1c4c(c5cc(C(C)(C)C)cc(c51)B3c1ccc(N3c5ccc(C(C)(C)C)cc5C5(C)CCCCC35C)cc1N2c1ccc(C(C)(C)C)cc1-c1ccccc1)C(C)(C)c1ccccc1-4. The van der Waals surface area contributed by atoms with Gasteiger partial charge < -0.3 is 28.7 Å². The van der Waals surface area contributed by atoms with E-state index in [-0.39, 0.29) is 84.1 Å². The number of benzene rings is 13. The molecule has 0 amide bonds. The fourth-order valence-corrected chi connectivity index (χ4v) is 30.2. The first-order chi connectivity index (χ1) is 67.3. The van der Waals surface area contributed by atoms with E-state index in [1.54, 1.807) is 0 Å². The quantitative estimate of drug-likeness (QED) is 0.160. The Morgan fingerprint density at radius 1 is 0.273 bits per heavy atom. The molecule has 13 aromatic carbocycles. The molecule has 724 valence electrons. The summed E-state index contributed by atoms with van der Waals surface area (Å²) in [6.07, 6.45) is 12.1. The number of nitrogens with zero attached hydrogens (tertiary/aromatic N) is 6. The predicted octanol–water partition coefficient (Wildman–Crippen LogP) is 32.0. The third-order valence-corrected chi connectivity index (χ3v) is 38.8. The van der Waals surface area contributed by atoms with Gasteiger partial charge in [0.15, 0.2) is 0 Å². The first kappa shape index (κ1) is 92.4. The van der Waals surface area contributed by atoms with E-state index in [9.17, 15) is 0 Å². The van der Waals surface area contributed by atoms with Gasteiger partial charge in [-0.1, -0.05) is 338 Å². The summed E-state index contributed by atoms with van der Waals surface area (Å²) in [6, 6.07) is 93.3. The molecule has 11 aliphatic rings. The highest BCUT2D eigenvalue weighted by Crippen LogP contribution is 2.67. The molecule has 2 aromatic heterocycles. The molecule has 26 rings (SSSR count). The molecule has 0 radical (unpaired) electrons. The van der Waals surface area contributed by atoms with Gasteiger partial charge in [-0.15, -0.1) is 0 Å². The summed E-state index contributed by atoms with van der Waals surface area (Å²) < 4.78 is 5.46. The minimum atomic E-state index is -0.169. The highest BCUT2D eigenvalue weighted by molar-refractivity contribution is 7.01. The molecule has 4 unspecified atom stereocenters. The summed E-state index contributed by atoms with van der Waals surface area (Å²) in [4.78, 5) is 11.1. The first-order valence-electron chi connectivity index (χ1n) is 54.4. The molecule has 0 bridgehead atoms. The van der Waals surface area contributed by atoms with E-state index in [0.717, 1.165) is 6.42 Å². The molecule has 0 N–H and O–H groups in total. The zero-order valence-corrected chi connectivity index (χ0v) is 91.3. The van der Waals surface area contributed by atoms with E-state index in [0.29, 0.717) is 0 Å². The summed E-state index contributed by atoms with van der Waals surface area (Å²) in [5.74, 6) is 0. The van der Waals surface area contributed by atoms with Crippen molar-refractivity contribution in [3.63, 3.8) is 0 Å². The zero-order chi connectivity index (χ0) is 100. The number of aryl methyl sites for hydroxylation is 3. The van der Waals surface area contributed by atoms with E-state index in [2.05, 4.69) is 467 Å². The third kappa shape index (κ3) is 12.6. The molecule has 0 spiro atoms. The van der Waals surface area contributed by atoms with Crippen molar-refractivity contribution in [3.8, 4) is 45.0 Å². The van der Waals surface area contributed by atoms with Crippen LogP contribution in [-0.4, -0.2) is 33.6 Å². The second kappa shape index (κ2) is 29.8. The lowest BCUT2D eigenvalue weighted by atomic mass is 9.33. The number of rotatable bonds is 5. The van der Waals surface area contributed by atoms with Crippen molar-refractivity contribution in [1.29, 1.82) is 0 Å². The number of hydrogen-bond donors (Lipinski definition) is 0. The molecule has 2 fully saturated rings. The van der Waals surface area contributed by atoms with Crippen LogP contribution in [0.25, 0.3) is 66.8 Å². The average molecular weight is 1880 g/mol. The fraction of sp³-hybridized carbons (Fsp3) is 0.393. The Bertz CT molecular complexity index is 8070. The molecule has 8 heterocycles. The van der Waals surface area contributed by atoms with Crippen LogP contribution < -0.4 is 52.4 Å². The van der Waals surface area contributed by atoms with Crippen LogP contribution in [0.4, 0.5) is 56.9 Å². The van der Waals surface area contributed by atoms with E-state index in [4.69, 9.17) is 0 Å². The molecule has 8 heteroatoms. The monoisotopic (exact) mass is 1880 g/mol. The van der Waals surface area contributed by atoms with Crippen LogP contribution in [-0.2, 0) is 59.6 Å². The van der Waals surface area contributed by atoms with Crippen LogP contribution >= 0.6 is 0 Å². The van der Waals surface area contributed by atoms with Gasteiger partial charge in [0, 0.05) is 123 Å². The lowest BCUT2D eigenvalue weighted by molar-refractivity contribution is 0.195. The van der Waals surface area contributed by atoms with Crippen molar-refractivity contribution in [1.82, 2.24) is 9.13 Å². The summed E-state index contributed by atoms with van der Waals surface area (Å²) in [5, 5.41) is 2.82. The second-order valence-corrected chi connectivity index (χ2v) is 54.4. The first-order valence-corrected chi connectivity index (χ1v) is 54.4.